The van der Waals surface area contributed by atoms with E-state index >= 15 is 0 Å². The standard InChI is InChI=1S/C20H27N8O4P/c1-5-31-33(30,32-6-2)15-9-13(7-8-14(15)19(29)23-3)28(4)11-12-10-24-18-16(25-12)17(21)26-20(22)27-18/h7-10H,5-6,11H2,1-4H3,(H,23,29)(H4,21,22,24,26,27). The Morgan fingerprint density at radius 2 is 1.85 bits per heavy atom. The topological polar surface area (TPSA) is 171 Å². The first-order valence-electron chi connectivity index (χ1n) is 10.2. The summed E-state index contributed by atoms with van der Waals surface area (Å²) in [6.45, 7) is 4.07. The molecule has 0 aliphatic carbocycles. The van der Waals surface area contributed by atoms with Gasteiger partial charge in [-0.1, -0.05) is 0 Å². The van der Waals surface area contributed by atoms with Crippen molar-refractivity contribution in [3.8, 4) is 0 Å². The number of benzene rings is 1. The van der Waals surface area contributed by atoms with Gasteiger partial charge in [0, 0.05) is 19.8 Å². The van der Waals surface area contributed by atoms with Crippen molar-refractivity contribution in [2.45, 2.75) is 20.4 Å². The third-order valence-corrected chi connectivity index (χ3v) is 6.84. The number of fused-ring (bicyclic) bond motifs is 1. The molecule has 0 fully saturated rings. The molecule has 13 heteroatoms. The summed E-state index contributed by atoms with van der Waals surface area (Å²) in [4.78, 5) is 31.0. The third-order valence-electron chi connectivity index (χ3n) is 4.69. The maximum atomic E-state index is 13.5. The highest BCUT2D eigenvalue weighted by Crippen LogP contribution is 2.48. The minimum atomic E-state index is -3.73. The van der Waals surface area contributed by atoms with Crippen LogP contribution in [0.2, 0.25) is 0 Å². The Bertz CT molecular complexity index is 1210. The van der Waals surface area contributed by atoms with Crippen LogP contribution in [0, 0.1) is 0 Å². The number of amides is 1. The Balaban J connectivity index is 1.99. The van der Waals surface area contributed by atoms with Crippen LogP contribution in [-0.2, 0) is 20.2 Å². The molecule has 3 rings (SSSR count). The minimum absolute atomic E-state index is 0.0240. The van der Waals surface area contributed by atoms with Crippen LogP contribution in [0.1, 0.15) is 29.9 Å². The summed E-state index contributed by atoms with van der Waals surface area (Å²) in [6, 6.07) is 4.96. The zero-order chi connectivity index (χ0) is 24.2. The second kappa shape index (κ2) is 10.1. The number of hydrogen-bond donors (Lipinski definition) is 3. The predicted octanol–water partition coefficient (Wildman–Crippen LogP) is 1.47. The zero-order valence-electron chi connectivity index (χ0n) is 18.9. The highest BCUT2D eigenvalue weighted by atomic mass is 31.2. The molecule has 12 nitrogen and oxygen atoms in total. The number of nitrogens with two attached hydrogens (primary N) is 2. The van der Waals surface area contributed by atoms with E-state index in [0.717, 1.165) is 0 Å². The summed E-state index contributed by atoms with van der Waals surface area (Å²) >= 11 is 0. The summed E-state index contributed by atoms with van der Waals surface area (Å²) in [7, 11) is -0.411. The number of anilines is 3. The van der Waals surface area contributed by atoms with Crippen molar-refractivity contribution < 1.29 is 18.4 Å². The van der Waals surface area contributed by atoms with E-state index in [-0.39, 0.29) is 35.8 Å². The summed E-state index contributed by atoms with van der Waals surface area (Å²) in [5, 5.41) is 2.74. The van der Waals surface area contributed by atoms with Gasteiger partial charge in [-0.3, -0.25) is 9.36 Å². The van der Waals surface area contributed by atoms with Gasteiger partial charge in [0.25, 0.3) is 5.91 Å². The van der Waals surface area contributed by atoms with Crippen LogP contribution in [0.4, 0.5) is 17.5 Å². The fourth-order valence-corrected chi connectivity index (χ4v) is 5.01. The van der Waals surface area contributed by atoms with E-state index in [4.69, 9.17) is 20.5 Å². The number of carbonyl (C=O) groups is 1. The van der Waals surface area contributed by atoms with Gasteiger partial charge in [-0.05, 0) is 32.0 Å². The van der Waals surface area contributed by atoms with Crippen molar-refractivity contribution >= 4 is 47.4 Å². The molecule has 33 heavy (non-hydrogen) atoms. The van der Waals surface area contributed by atoms with Crippen molar-refractivity contribution in [2.75, 3.05) is 43.7 Å². The van der Waals surface area contributed by atoms with Gasteiger partial charge in [-0.15, -0.1) is 0 Å². The van der Waals surface area contributed by atoms with E-state index in [1.165, 1.54) is 7.05 Å². The Kier molecular flexibility index (Phi) is 7.42. The summed E-state index contributed by atoms with van der Waals surface area (Å²) in [5.41, 5.74) is 13.6. The molecule has 0 atom stereocenters. The molecule has 0 unspecified atom stereocenters. The number of carbonyl (C=O) groups excluding carboxylic acids is 1. The zero-order valence-corrected chi connectivity index (χ0v) is 19.8. The molecular formula is C20H27N8O4P. The molecule has 0 aliphatic heterocycles. The largest absolute Gasteiger partial charge is 0.382 e. The number of nitrogens with zero attached hydrogens (tertiary/aromatic N) is 5. The Hall–Kier alpha value is -3.34. The van der Waals surface area contributed by atoms with E-state index < -0.39 is 13.5 Å². The van der Waals surface area contributed by atoms with Gasteiger partial charge >= 0.3 is 7.60 Å². The fraction of sp³-hybridized carbons (Fsp3) is 0.350. The second-order valence-corrected chi connectivity index (χ2v) is 8.96. The van der Waals surface area contributed by atoms with Crippen molar-refractivity contribution in [1.29, 1.82) is 0 Å². The van der Waals surface area contributed by atoms with Crippen molar-refractivity contribution in [3.63, 3.8) is 0 Å². The van der Waals surface area contributed by atoms with Gasteiger partial charge < -0.3 is 30.7 Å². The maximum absolute atomic E-state index is 13.5. The first kappa shape index (κ1) is 24.3. The number of nitrogens with one attached hydrogen (secondary N) is 1. The molecule has 0 saturated heterocycles. The number of hydrogen-bond acceptors (Lipinski definition) is 11. The molecule has 1 amide bonds. The fourth-order valence-electron chi connectivity index (χ4n) is 3.22. The lowest BCUT2D eigenvalue weighted by Crippen LogP contribution is -2.28. The quantitative estimate of drug-likeness (QED) is 0.383. The molecule has 2 heterocycles. The highest BCUT2D eigenvalue weighted by Gasteiger charge is 2.32. The van der Waals surface area contributed by atoms with Gasteiger partial charge in [0.15, 0.2) is 17.0 Å². The normalized spacial score (nSPS) is 11.5. The van der Waals surface area contributed by atoms with E-state index in [1.54, 1.807) is 38.2 Å². The van der Waals surface area contributed by atoms with Crippen LogP contribution in [-0.4, -0.2) is 53.2 Å². The minimum Gasteiger partial charge on any atom is -0.382 e. The Morgan fingerprint density at radius 1 is 1.15 bits per heavy atom. The van der Waals surface area contributed by atoms with Crippen LogP contribution < -0.4 is 27.0 Å². The summed E-state index contributed by atoms with van der Waals surface area (Å²) in [6.07, 6.45) is 1.57. The number of aromatic nitrogens is 4. The van der Waals surface area contributed by atoms with Crippen LogP contribution in [0.25, 0.3) is 11.2 Å². The van der Waals surface area contributed by atoms with Gasteiger partial charge in [0.1, 0.15) is 0 Å². The van der Waals surface area contributed by atoms with Gasteiger partial charge in [0.05, 0.1) is 42.5 Å². The molecule has 0 bridgehead atoms. The Labute approximate surface area is 191 Å². The lowest BCUT2D eigenvalue weighted by molar-refractivity contribution is 0.0963. The Morgan fingerprint density at radius 3 is 2.48 bits per heavy atom. The summed E-state index contributed by atoms with van der Waals surface area (Å²) in [5.74, 6) is -0.231. The average Bonchev–Trinajstić information content (AvgIpc) is 2.78. The predicted molar refractivity (Wildman–Crippen MR) is 126 cm³/mol. The van der Waals surface area contributed by atoms with Crippen molar-refractivity contribution in [1.82, 2.24) is 25.3 Å². The molecule has 0 spiro atoms. The average molecular weight is 474 g/mol. The molecule has 0 aliphatic rings. The SMILES string of the molecule is CCOP(=O)(OCC)c1cc(N(C)Cc2cnc3nc(N)nc(N)c3n2)ccc1C(=O)NC. The molecule has 3 aromatic rings. The van der Waals surface area contributed by atoms with Gasteiger partial charge in [0.2, 0.25) is 5.95 Å². The molecule has 0 radical (unpaired) electrons. The third kappa shape index (κ3) is 5.19. The molecule has 1 aromatic carbocycles. The summed E-state index contributed by atoms with van der Waals surface area (Å²) < 4.78 is 24.5. The van der Waals surface area contributed by atoms with E-state index in [0.29, 0.717) is 29.1 Å². The van der Waals surface area contributed by atoms with Crippen LogP contribution in [0.3, 0.4) is 0 Å². The van der Waals surface area contributed by atoms with E-state index in [1.807, 2.05) is 11.9 Å². The van der Waals surface area contributed by atoms with Gasteiger partial charge in [-0.25, -0.2) is 9.97 Å². The molecule has 5 N–H and O–H groups in total. The molecular weight excluding hydrogens is 447 g/mol. The van der Waals surface area contributed by atoms with E-state index in [2.05, 4.69) is 25.3 Å². The number of nitrogen functional groups attached to an aromatic ring is 2. The first-order valence-corrected chi connectivity index (χ1v) is 11.8. The maximum Gasteiger partial charge on any atom is 0.362 e. The first-order chi connectivity index (χ1) is 15.7. The van der Waals surface area contributed by atoms with Crippen LogP contribution in [0.5, 0.6) is 0 Å². The molecule has 0 saturated carbocycles. The lowest BCUT2D eigenvalue weighted by Gasteiger charge is -2.24. The lowest BCUT2D eigenvalue weighted by atomic mass is 10.1. The van der Waals surface area contributed by atoms with Crippen LogP contribution >= 0.6 is 7.60 Å². The van der Waals surface area contributed by atoms with Crippen LogP contribution in [0.15, 0.2) is 24.4 Å². The molecule has 2 aromatic heterocycles. The molecule has 176 valence electrons. The van der Waals surface area contributed by atoms with E-state index in [9.17, 15) is 9.36 Å². The van der Waals surface area contributed by atoms with Gasteiger partial charge in [-0.2, -0.15) is 9.97 Å². The monoisotopic (exact) mass is 474 g/mol. The van der Waals surface area contributed by atoms with Crippen molar-refractivity contribution in [3.05, 3.63) is 35.7 Å². The van der Waals surface area contributed by atoms with Crippen molar-refractivity contribution in [2.24, 2.45) is 0 Å². The smallest absolute Gasteiger partial charge is 0.362 e. The highest BCUT2D eigenvalue weighted by molar-refractivity contribution is 7.62. The second-order valence-electron chi connectivity index (χ2n) is 6.97. The number of rotatable bonds is 9.